The first-order chi connectivity index (χ1) is 10.2. The second kappa shape index (κ2) is 7.55. The standard InChI is InChI=1S/C17H22N2O2/c1-19(13-14-3-5-15(18)6-4-14)11-12-21-17-9-7-16(20-2)8-10-17/h3-10H,11-13,18H2,1-2H3. The fourth-order valence-electron chi connectivity index (χ4n) is 2.01. The smallest absolute Gasteiger partial charge is 0.119 e. The molecule has 0 aliphatic rings. The van der Waals surface area contributed by atoms with Crippen molar-refractivity contribution in [3.8, 4) is 11.5 Å². The predicted octanol–water partition coefficient (Wildman–Crippen LogP) is 2.79. The van der Waals surface area contributed by atoms with Crippen molar-refractivity contribution >= 4 is 5.69 Å². The Morgan fingerprint density at radius 2 is 1.57 bits per heavy atom. The van der Waals surface area contributed by atoms with Crippen LogP contribution in [-0.2, 0) is 6.54 Å². The zero-order chi connectivity index (χ0) is 15.1. The molecule has 0 spiro atoms. The van der Waals surface area contributed by atoms with Crippen LogP contribution < -0.4 is 15.2 Å². The Balaban J connectivity index is 1.73. The Morgan fingerprint density at radius 3 is 2.19 bits per heavy atom. The summed E-state index contributed by atoms with van der Waals surface area (Å²) in [6.07, 6.45) is 0. The summed E-state index contributed by atoms with van der Waals surface area (Å²) in [5.74, 6) is 1.69. The number of nitrogens with two attached hydrogens (primary N) is 1. The van der Waals surface area contributed by atoms with Crippen LogP contribution in [0, 0.1) is 0 Å². The summed E-state index contributed by atoms with van der Waals surface area (Å²) in [5.41, 5.74) is 7.72. The van der Waals surface area contributed by atoms with Crippen molar-refractivity contribution in [2.45, 2.75) is 6.54 Å². The summed E-state index contributed by atoms with van der Waals surface area (Å²) in [5, 5.41) is 0. The summed E-state index contributed by atoms with van der Waals surface area (Å²) in [4.78, 5) is 2.22. The van der Waals surface area contributed by atoms with E-state index in [0.29, 0.717) is 6.61 Å². The largest absolute Gasteiger partial charge is 0.497 e. The topological polar surface area (TPSA) is 47.7 Å². The normalized spacial score (nSPS) is 10.6. The molecule has 0 amide bonds. The molecule has 4 nitrogen and oxygen atoms in total. The van der Waals surface area contributed by atoms with Gasteiger partial charge in [0.2, 0.25) is 0 Å². The van der Waals surface area contributed by atoms with Gasteiger partial charge in [-0.15, -0.1) is 0 Å². The van der Waals surface area contributed by atoms with E-state index in [1.807, 2.05) is 36.4 Å². The van der Waals surface area contributed by atoms with Gasteiger partial charge in [0, 0.05) is 18.8 Å². The van der Waals surface area contributed by atoms with E-state index in [1.54, 1.807) is 7.11 Å². The number of methoxy groups -OCH3 is 1. The van der Waals surface area contributed by atoms with Gasteiger partial charge in [-0.3, -0.25) is 4.90 Å². The van der Waals surface area contributed by atoms with Gasteiger partial charge in [-0.25, -0.2) is 0 Å². The summed E-state index contributed by atoms with van der Waals surface area (Å²) < 4.78 is 10.8. The Kier molecular flexibility index (Phi) is 5.46. The highest BCUT2D eigenvalue weighted by molar-refractivity contribution is 5.39. The molecule has 0 atom stereocenters. The van der Waals surface area contributed by atoms with Crippen LogP contribution in [0.15, 0.2) is 48.5 Å². The fraction of sp³-hybridized carbons (Fsp3) is 0.294. The number of rotatable bonds is 7. The second-order valence-corrected chi connectivity index (χ2v) is 5.00. The molecule has 21 heavy (non-hydrogen) atoms. The van der Waals surface area contributed by atoms with Gasteiger partial charge in [-0.05, 0) is 49.0 Å². The minimum Gasteiger partial charge on any atom is -0.497 e. The number of hydrogen-bond acceptors (Lipinski definition) is 4. The Hall–Kier alpha value is -2.20. The lowest BCUT2D eigenvalue weighted by Gasteiger charge is -2.17. The molecular weight excluding hydrogens is 264 g/mol. The van der Waals surface area contributed by atoms with E-state index in [0.717, 1.165) is 30.3 Å². The number of likely N-dealkylation sites (N-methyl/N-ethyl adjacent to an activating group) is 1. The average Bonchev–Trinajstić information content (AvgIpc) is 2.50. The van der Waals surface area contributed by atoms with Gasteiger partial charge in [-0.1, -0.05) is 12.1 Å². The Morgan fingerprint density at radius 1 is 0.952 bits per heavy atom. The van der Waals surface area contributed by atoms with Gasteiger partial charge >= 0.3 is 0 Å². The quantitative estimate of drug-likeness (QED) is 0.795. The first-order valence-electron chi connectivity index (χ1n) is 6.97. The molecule has 2 N–H and O–H groups in total. The summed E-state index contributed by atoms with van der Waals surface area (Å²) in [6.45, 7) is 2.39. The van der Waals surface area contributed by atoms with Gasteiger partial charge in [0.25, 0.3) is 0 Å². The third-order valence-electron chi connectivity index (χ3n) is 3.23. The minimum atomic E-state index is 0.651. The highest BCUT2D eigenvalue weighted by Gasteiger charge is 2.01. The molecule has 2 aromatic rings. The van der Waals surface area contributed by atoms with Crippen molar-refractivity contribution in [1.29, 1.82) is 0 Å². The zero-order valence-electron chi connectivity index (χ0n) is 12.6. The first kappa shape index (κ1) is 15.2. The van der Waals surface area contributed by atoms with Crippen LogP contribution >= 0.6 is 0 Å². The van der Waals surface area contributed by atoms with Crippen LogP contribution in [0.25, 0.3) is 0 Å². The molecule has 0 unspecified atom stereocenters. The molecule has 0 bridgehead atoms. The maximum absolute atomic E-state index is 5.72. The Bertz CT molecular complexity index is 538. The van der Waals surface area contributed by atoms with Crippen molar-refractivity contribution in [2.75, 3.05) is 33.0 Å². The molecule has 0 fully saturated rings. The van der Waals surface area contributed by atoms with Gasteiger partial charge in [-0.2, -0.15) is 0 Å². The van der Waals surface area contributed by atoms with E-state index in [-0.39, 0.29) is 0 Å². The molecule has 0 aliphatic heterocycles. The summed E-state index contributed by atoms with van der Waals surface area (Å²) >= 11 is 0. The van der Waals surface area contributed by atoms with Gasteiger partial charge in [0.05, 0.1) is 7.11 Å². The van der Waals surface area contributed by atoms with Gasteiger partial charge < -0.3 is 15.2 Å². The highest BCUT2D eigenvalue weighted by atomic mass is 16.5. The highest BCUT2D eigenvalue weighted by Crippen LogP contribution is 2.16. The van der Waals surface area contributed by atoms with Gasteiger partial charge in [0.15, 0.2) is 0 Å². The lowest BCUT2D eigenvalue weighted by molar-refractivity contribution is 0.232. The van der Waals surface area contributed by atoms with Crippen molar-refractivity contribution in [1.82, 2.24) is 4.90 Å². The minimum absolute atomic E-state index is 0.651. The SMILES string of the molecule is COc1ccc(OCCN(C)Cc2ccc(N)cc2)cc1. The predicted molar refractivity (Wildman–Crippen MR) is 85.7 cm³/mol. The second-order valence-electron chi connectivity index (χ2n) is 5.00. The number of hydrogen-bond donors (Lipinski definition) is 1. The molecule has 0 saturated carbocycles. The number of nitrogen functional groups attached to an aromatic ring is 1. The first-order valence-corrected chi connectivity index (χ1v) is 6.97. The van der Waals surface area contributed by atoms with Crippen LogP contribution in [0.3, 0.4) is 0 Å². The van der Waals surface area contributed by atoms with Crippen molar-refractivity contribution < 1.29 is 9.47 Å². The average molecular weight is 286 g/mol. The molecule has 2 aromatic carbocycles. The maximum Gasteiger partial charge on any atom is 0.119 e. The molecule has 0 saturated heterocycles. The molecule has 0 aromatic heterocycles. The summed E-state index contributed by atoms with van der Waals surface area (Å²) in [6, 6.07) is 15.6. The van der Waals surface area contributed by atoms with Crippen LogP contribution in [0.1, 0.15) is 5.56 Å². The maximum atomic E-state index is 5.72. The molecule has 2 rings (SSSR count). The van der Waals surface area contributed by atoms with E-state index in [4.69, 9.17) is 15.2 Å². The van der Waals surface area contributed by atoms with Gasteiger partial charge in [0.1, 0.15) is 18.1 Å². The van der Waals surface area contributed by atoms with Crippen molar-refractivity contribution in [3.05, 3.63) is 54.1 Å². The molecule has 4 heteroatoms. The van der Waals surface area contributed by atoms with Crippen LogP contribution in [0.2, 0.25) is 0 Å². The zero-order valence-corrected chi connectivity index (χ0v) is 12.6. The van der Waals surface area contributed by atoms with E-state index >= 15 is 0 Å². The third kappa shape index (κ3) is 5.00. The summed E-state index contributed by atoms with van der Waals surface area (Å²) in [7, 11) is 3.73. The third-order valence-corrected chi connectivity index (χ3v) is 3.23. The van der Waals surface area contributed by atoms with E-state index < -0.39 is 0 Å². The molecule has 0 heterocycles. The van der Waals surface area contributed by atoms with Crippen LogP contribution in [0.4, 0.5) is 5.69 Å². The molecule has 112 valence electrons. The van der Waals surface area contributed by atoms with Crippen LogP contribution in [-0.4, -0.2) is 32.2 Å². The fourth-order valence-corrected chi connectivity index (χ4v) is 2.01. The number of ether oxygens (including phenoxy) is 2. The van der Waals surface area contributed by atoms with Crippen molar-refractivity contribution in [3.63, 3.8) is 0 Å². The lowest BCUT2D eigenvalue weighted by Crippen LogP contribution is -2.23. The van der Waals surface area contributed by atoms with Crippen molar-refractivity contribution in [2.24, 2.45) is 0 Å². The van der Waals surface area contributed by atoms with E-state index in [9.17, 15) is 0 Å². The van der Waals surface area contributed by atoms with E-state index in [1.165, 1.54) is 5.56 Å². The number of anilines is 1. The number of benzene rings is 2. The van der Waals surface area contributed by atoms with Crippen LogP contribution in [0.5, 0.6) is 11.5 Å². The number of nitrogens with zero attached hydrogens (tertiary/aromatic N) is 1. The lowest BCUT2D eigenvalue weighted by atomic mass is 10.2. The van der Waals surface area contributed by atoms with E-state index in [2.05, 4.69) is 24.1 Å². The Labute approximate surface area is 126 Å². The molecule has 0 radical (unpaired) electrons. The monoisotopic (exact) mass is 286 g/mol. The molecule has 0 aliphatic carbocycles. The molecular formula is C17H22N2O2.